The molecule has 0 aromatic heterocycles. The molecule has 1 aliphatic carbocycles. The number of hydrogen-bond donors (Lipinski definition) is 2. The van der Waals surface area contributed by atoms with Gasteiger partial charge < -0.3 is 15.7 Å². The van der Waals surface area contributed by atoms with Crippen molar-refractivity contribution in [1.29, 1.82) is 0 Å². The van der Waals surface area contributed by atoms with Gasteiger partial charge in [0.25, 0.3) is 0 Å². The monoisotopic (exact) mass is 170 g/mol. The Morgan fingerprint density at radius 1 is 1.58 bits per heavy atom. The Morgan fingerprint density at radius 3 is 2.67 bits per heavy atom. The maximum atomic E-state index is 10.5. The molecule has 1 heterocycles. The summed E-state index contributed by atoms with van der Waals surface area (Å²) in [6.45, 7) is 1.41. The molecule has 68 valence electrons. The zero-order valence-corrected chi connectivity index (χ0v) is 6.99. The molecule has 3 N–H and O–H groups in total. The molecule has 0 unspecified atom stereocenters. The second kappa shape index (κ2) is 2.36. The predicted octanol–water partition coefficient (Wildman–Crippen LogP) is 0.478. The van der Waals surface area contributed by atoms with E-state index in [4.69, 9.17) is 10.8 Å². The largest absolute Gasteiger partial charge is 0.465 e. The zero-order chi connectivity index (χ0) is 8.77. The lowest BCUT2D eigenvalue weighted by molar-refractivity contribution is 0.0143. The van der Waals surface area contributed by atoms with Crippen LogP contribution >= 0.6 is 0 Å². The fourth-order valence-electron chi connectivity index (χ4n) is 2.44. The summed E-state index contributed by atoms with van der Waals surface area (Å²) in [7, 11) is 0. The molecule has 4 nitrogen and oxygen atoms in total. The van der Waals surface area contributed by atoms with E-state index < -0.39 is 6.09 Å². The highest BCUT2D eigenvalue weighted by atomic mass is 16.4. The van der Waals surface area contributed by atoms with E-state index in [-0.39, 0.29) is 5.41 Å². The van der Waals surface area contributed by atoms with Crippen molar-refractivity contribution in [1.82, 2.24) is 4.90 Å². The summed E-state index contributed by atoms with van der Waals surface area (Å²) in [6.07, 6.45) is 2.39. The van der Waals surface area contributed by atoms with E-state index in [2.05, 4.69) is 0 Å². The first-order chi connectivity index (χ1) is 5.61. The van der Waals surface area contributed by atoms with E-state index in [1.807, 2.05) is 0 Å². The predicted molar refractivity (Wildman–Crippen MR) is 43.9 cm³/mol. The van der Waals surface area contributed by atoms with Gasteiger partial charge in [0, 0.05) is 24.5 Å². The zero-order valence-electron chi connectivity index (χ0n) is 6.99. The van der Waals surface area contributed by atoms with Crippen LogP contribution in [0.25, 0.3) is 0 Å². The average molecular weight is 170 g/mol. The van der Waals surface area contributed by atoms with Crippen molar-refractivity contribution in [3.63, 3.8) is 0 Å². The smallest absolute Gasteiger partial charge is 0.407 e. The summed E-state index contributed by atoms with van der Waals surface area (Å²) < 4.78 is 0. The fourth-order valence-corrected chi connectivity index (χ4v) is 2.44. The molecule has 2 fully saturated rings. The van der Waals surface area contributed by atoms with Gasteiger partial charge in [-0.05, 0) is 19.3 Å². The van der Waals surface area contributed by atoms with E-state index in [9.17, 15) is 4.79 Å². The third-order valence-electron chi connectivity index (χ3n) is 3.06. The van der Waals surface area contributed by atoms with E-state index >= 15 is 0 Å². The van der Waals surface area contributed by atoms with Crippen LogP contribution in [0.3, 0.4) is 0 Å². The first-order valence-electron chi connectivity index (χ1n) is 4.35. The van der Waals surface area contributed by atoms with Gasteiger partial charge in [-0.1, -0.05) is 0 Å². The molecule has 1 spiro atoms. The topological polar surface area (TPSA) is 66.6 Å². The Hall–Kier alpha value is -0.770. The molecule has 0 radical (unpaired) electrons. The number of nitrogens with two attached hydrogens (primary N) is 1. The molecule has 12 heavy (non-hydrogen) atoms. The van der Waals surface area contributed by atoms with Gasteiger partial charge in [-0.2, -0.15) is 0 Å². The van der Waals surface area contributed by atoms with Gasteiger partial charge in [-0.15, -0.1) is 0 Å². The molecule has 1 atom stereocenters. The summed E-state index contributed by atoms with van der Waals surface area (Å²) >= 11 is 0. The number of carboxylic acid groups (broad SMARTS) is 1. The molecule has 1 saturated carbocycles. The summed E-state index contributed by atoms with van der Waals surface area (Å²) in [5.74, 6) is 0. The molecule has 4 heteroatoms. The molecule has 2 aliphatic rings. The lowest BCUT2D eigenvalue weighted by atomic mass is 9.78. The quantitative estimate of drug-likeness (QED) is 0.555. The Balaban J connectivity index is 1.91. The van der Waals surface area contributed by atoms with Crippen molar-refractivity contribution < 1.29 is 9.90 Å². The van der Waals surface area contributed by atoms with Crippen LogP contribution in [-0.4, -0.2) is 35.2 Å². The normalized spacial score (nSPS) is 32.1. The lowest BCUT2D eigenvalue weighted by Gasteiger charge is -2.46. The van der Waals surface area contributed by atoms with Crippen LogP contribution in [0, 0.1) is 5.41 Å². The maximum absolute atomic E-state index is 10.5. The van der Waals surface area contributed by atoms with Gasteiger partial charge in [0.05, 0.1) is 0 Å². The Labute approximate surface area is 71.3 Å². The number of likely N-dealkylation sites (tertiary alicyclic amines) is 1. The molecule has 0 bridgehead atoms. The Bertz CT molecular complexity index is 211. The highest BCUT2D eigenvalue weighted by molar-refractivity contribution is 5.66. The summed E-state index contributed by atoms with van der Waals surface area (Å²) in [6, 6.07) is 0.306. The molecular weight excluding hydrogens is 156 g/mol. The molecule has 0 aromatic rings. The van der Waals surface area contributed by atoms with Gasteiger partial charge in [0.2, 0.25) is 0 Å². The minimum Gasteiger partial charge on any atom is -0.465 e. The first-order valence-corrected chi connectivity index (χ1v) is 4.35. The van der Waals surface area contributed by atoms with E-state index in [1.54, 1.807) is 0 Å². The van der Waals surface area contributed by atoms with Crippen LogP contribution in [0.5, 0.6) is 0 Å². The fraction of sp³-hybridized carbons (Fsp3) is 0.875. The molecule has 0 aromatic carbocycles. The molecular formula is C8H14N2O2. The maximum Gasteiger partial charge on any atom is 0.407 e. The van der Waals surface area contributed by atoms with Gasteiger partial charge in [0.1, 0.15) is 0 Å². The summed E-state index contributed by atoms with van der Waals surface area (Å²) in [5.41, 5.74) is 6.04. The van der Waals surface area contributed by atoms with Gasteiger partial charge in [-0.25, -0.2) is 4.79 Å². The van der Waals surface area contributed by atoms with Gasteiger partial charge >= 0.3 is 6.09 Å². The van der Waals surface area contributed by atoms with Crippen LogP contribution in [0.1, 0.15) is 19.3 Å². The van der Waals surface area contributed by atoms with Gasteiger partial charge in [-0.3, -0.25) is 0 Å². The van der Waals surface area contributed by atoms with Crippen molar-refractivity contribution in [2.45, 2.75) is 25.3 Å². The van der Waals surface area contributed by atoms with E-state index in [0.717, 1.165) is 19.3 Å². The Kier molecular flexibility index (Phi) is 1.54. The highest BCUT2D eigenvalue weighted by Gasteiger charge is 2.48. The van der Waals surface area contributed by atoms with Crippen molar-refractivity contribution in [3.8, 4) is 0 Å². The standard InChI is InChI=1S/C8H14N2O2/c9-6-1-2-8(3-6)4-10(5-8)7(11)12/h6H,1-5,9H2,(H,11,12)/t6-/m1/s1. The average Bonchev–Trinajstić information content (AvgIpc) is 2.27. The molecule has 2 rings (SSSR count). The van der Waals surface area contributed by atoms with Crippen LogP contribution in [-0.2, 0) is 0 Å². The number of nitrogens with zero attached hydrogens (tertiary/aromatic N) is 1. The minimum absolute atomic E-state index is 0.262. The third kappa shape index (κ3) is 1.06. The van der Waals surface area contributed by atoms with Gasteiger partial charge in [0.15, 0.2) is 0 Å². The van der Waals surface area contributed by atoms with Crippen LogP contribution < -0.4 is 5.73 Å². The number of hydrogen-bond acceptors (Lipinski definition) is 2. The number of carbonyl (C=O) groups is 1. The van der Waals surface area contributed by atoms with Crippen LogP contribution in [0.2, 0.25) is 0 Å². The first kappa shape index (κ1) is 7.86. The van der Waals surface area contributed by atoms with Crippen molar-refractivity contribution in [3.05, 3.63) is 0 Å². The molecule has 1 aliphatic heterocycles. The summed E-state index contributed by atoms with van der Waals surface area (Å²) in [5, 5.41) is 8.64. The minimum atomic E-state index is -0.791. The van der Waals surface area contributed by atoms with Crippen LogP contribution in [0.15, 0.2) is 0 Å². The van der Waals surface area contributed by atoms with Crippen molar-refractivity contribution in [2.24, 2.45) is 11.1 Å². The SMILES string of the molecule is N[C@@H]1CCC2(C1)CN(C(=O)O)C2. The Morgan fingerprint density at radius 2 is 2.25 bits per heavy atom. The van der Waals surface area contributed by atoms with E-state index in [0.29, 0.717) is 19.1 Å². The number of rotatable bonds is 0. The van der Waals surface area contributed by atoms with E-state index in [1.165, 1.54) is 4.90 Å². The summed E-state index contributed by atoms with van der Waals surface area (Å²) in [4.78, 5) is 12.0. The molecule has 1 saturated heterocycles. The highest BCUT2D eigenvalue weighted by Crippen LogP contribution is 2.44. The second-order valence-corrected chi connectivity index (χ2v) is 4.14. The van der Waals surface area contributed by atoms with Crippen molar-refractivity contribution in [2.75, 3.05) is 13.1 Å². The lowest BCUT2D eigenvalue weighted by Crippen LogP contribution is -2.57. The molecule has 1 amide bonds. The second-order valence-electron chi connectivity index (χ2n) is 4.14. The third-order valence-corrected chi connectivity index (χ3v) is 3.06. The van der Waals surface area contributed by atoms with Crippen molar-refractivity contribution >= 4 is 6.09 Å². The number of amides is 1. The van der Waals surface area contributed by atoms with Crippen LogP contribution in [0.4, 0.5) is 4.79 Å².